The number of amides is 1. The van der Waals surface area contributed by atoms with E-state index in [0.29, 0.717) is 29.2 Å². The molecule has 9 heteroatoms. The number of carboxylic acid groups (broad SMARTS) is 1. The van der Waals surface area contributed by atoms with Crippen molar-refractivity contribution in [1.29, 1.82) is 0 Å². The van der Waals surface area contributed by atoms with Crippen LogP contribution in [0.4, 0.5) is 5.69 Å². The number of nitrogens with zero attached hydrogens (tertiary/aromatic N) is 1. The first-order valence-electron chi connectivity index (χ1n) is 8.65. The van der Waals surface area contributed by atoms with Crippen molar-refractivity contribution in [3.8, 4) is 11.5 Å². The van der Waals surface area contributed by atoms with Crippen LogP contribution in [0.3, 0.4) is 0 Å². The normalized spacial score (nSPS) is 10.9. The van der Waals surface area contributed by atoms with Gasteiger partial charge in [0.25, 0.3) is 5.69 Å². The van der Waals surface area contributed by atoms with E-state index in [2.05, 4.69) is 5.32 Å². The lowest BCUT2D eigenvalue weighted by atomic mass is 10.1. The molecule has 2 rings (SSSR count). The van der Waals surface area contributed by atoms with Gasteiger partial charge in [0.05, 0.1) is 11.5 Å². The van der Waals surface area contributed by atoms with E-state index in [0.717, 1.165) is 0 Å². The van der Waals surface area contributed by atoms with Gasteiger partial charge in [0.1, 0.15) is 12.3 Å². The molecule has 0 aliphatic heterocycles. The summed E-state index contributed by atoms with van der Waals surface area (Å²) in [5.74, 6) is -1.00. The van der Waals surface area contributed by atoms with Crippen LogP contribution in [0.1, 0.15) is 25.0 Å². The fraction of sp³-hybridized carbons (Fsp3) is 0.200. The average Bonchev–Trinajstić information content (AvgIpc) is 2.67. The van der Waals surface area contributed by atoms with Gasteiger partial charge in [-0.15, -0.1) is 0 Å². The fourth-order valence-electron chi connectivity index (χ4n) is 2.43. The van der Waals surface area contributed by atoms with Gasteiger partial charge in [-0.25, -0.2) is 4.79 Å². The highest BCUT2D eigenvalue weighted by Gasteiger charge is 2.12. The Morgan fingerprint density at radius 2 is 1.93 bits per heavy atom. The van der Waals surface area contributed by atoms with Crippen LogP contribution in [0.15, 0.2) is 48.2 Å². The van der Waals surface area contributed by atoms with E-state index < -0.39 is 16.8 Å². The predicted octanol–water partition coefficient (Wildman–Crippen LogP) is 3.13. The minimum atomic E-state index is -1.27. The van der Waals surface area contributed by atoms with E-state index in [9.17, 15) is 24.8 Å². The number of non-ortho nitro benzene ring substituents is 1. The molecule has 0 spiro atoms. The number of nitrogens with one attached hydrogen (secondary N) is 1. The van der Waals surface area contributed by atoms with Gasteiger partial charge in [-0.2, -0.15) is 0 Å². The monoisotopic (exact) mass is 400 g/mol. The van der Waals surface area contributed by atoms with Crippen LogP contribution < -0.4 is 14.8 Å². The number of benzene rings is 2. The van der Waals surface area contributed by atoms with E-state index in [1.54, 1.807) is 37.3 Å². The highest BCUT2D eigenvalue weighted by molar-refractivity contribution is 5.96. The number of hydrogen-bond donors (Lipinski definition) is 2. The second kappa shape index (κ2) is 9.88. The Morgan fingerprint density at radius 3 is 2.55 bits per heavy atom. The molecule has 0 aliphatic rings. The van der Waals surface area contributed by atoms with E-state index in [4.69, 9.17) is 9.47 Å². The zero-order valence-electron chi connectivity index (χ0n) is 15.9. The molecule has 0 heterocycles. The first-order valence-corrected chi connectivity index (χ1v) is 8.65. The topological polar surface area (TPSA) is 128 Å². The Balaban J connectivity index is 2.25. The smallest absolute Gasteiger partial charge is 0.352 e. The Labute approximate surface area is 166 Å². The SMILES string of the molecule is CCOc1cc(/C=C(/NC(C)=O)C(=O)O)ccc1OCc1cccc([N+](=O)[O-])c1. The molecule has 2 N–H and O–H groups in total. The Hall–Kier alpha value is -3.88. The quantitative estimate of drug-likeness (QED) is 0.376. The summed E-state index contributed by atoms with van der Waals surface area (Å²) in [6.07, 6.45) is 1.30. The summed E-state index contributed by atoms with van der Waals surface area (Å²) in [5, 5.41) is 22.3. The first-order chi connectivity index (χ1) is 13.8. The minimum absolute atomic E-state index is 0.0317. The van der Waals surface area contributed by atoms with Gasteiger partial charge < -0.3 is 19.9 Å². The number of hydrogen-bond acceptors (Lipinski definition) is 6. The molecule has 9 nitrogen and oxygen atoms in total. The summed E-state index contributed by atoms with van der Waals surface area (Å²) in [7, 11) is 0. The highest BCUT2D eigenvalue weighted by Crippen LogP contribution is 2.30. The predicted molar refractivity (Wildman–Crippen MR) is 104 cm³/mol. The molecule has 0 fully saturated rings. The Bertz CT molecular complexity index is 954. The van der Waals surface area contributed by atoms with Crippen molar-refractivity contribution in [1.82, 2.24) is 5.32 Å². The number of ether oxygens (including phenoxy) is 2. The number of carbonyl (C=O) groups excluding carboxylic acids is 1. The maximum atomic E-state index is 11.3. The van der Waals surface area contributed by atoms with Crippen LogP contribution in [-0.2, 0) is 16.2 Å². The van der Waals surface area contributed by atoms with Gasteiger partial charge in [0, 0.05) is 19.1 Å². The molecule has 0 aliphatic carbocycles. The van der Waals surface area contributed by atoms with Crippen LogP contribution in [0.5, 0.6) is 11.5 Å². The molecule has 0 aromatic heterocycles. The van der Waals surface area contributed by atoms with Crippen LogP contribution in [0.25, 0.3) is 6.08 Å². The van der Waals surface area contributed by atoms with Crippen molar-refractivity contribution in [2.75, 3.05) is 6.61 Å². The largest absolute Gasteiger partial charge is 0.490 e. The number of carboxylic acids is 1. The lowest BCUT2D eigenvalue weighted by Gasteiger charge is -2.13. The van der Waals surface area contributed by atoms with Crippen LogP contribution in [0.2, 0.25) is 0 Å². The maximum absolute atomic E-state index is 11.3. The van der Waals surface area contributed by atoms with Crippen molar-refractivity contribution >= 4 is 23.6 Å². The summed E-state index contributed by atoms with van der Waals surface area (Å²) in [6.45, 7) is 3.43. The van der Waals surface area contributed by atoms with Gasteiger partial charge in [-0.3, -0.25) is 14.9 Å². The van der Waals surface area contributed by atoms with E-state index >= 15 is 0 Å². The van der Waals surface area contributed by atoms with E-state index in [-0.39, 0.29) is 18.0 Å². The zero-order valence-corrected chi connectivity index (χ0v) is 15.9. The van der Waals surface area contributed by atoms with Crippen molar-refractivity contribution in [2.24, 2.45) is 0 Å². The third kappa shape index (κ3) is 6.35. The van der Waals surface area contributed by atoms with E-state index in [1.807, 2.05) is 0 Å². The fourth-order valence-corrected chi connectivity index (χ4v) is 2.43. The maximum Gasteiger partial charge on any atom is 0.352 e. The molecule has 0 saturated heterocycles. The third-order valence-corrected chi connectivity index (χ3v) is 3.64. The van der Waals surface area contributed by atoms with Crippen LogP contribution in [0, 0.1) is 10.1 Å². The summed E-state index contributed by atoms with van der Waals surface area (Å²) >= 11 is 0. The first kappa shape index (κ1) is 21.4. The minimum Gasteiger partial charge on any atom is -0.490 e. The number of nitro groups is 1. The number of carbonyl (C=O) groups is 2. The molecule has 29 heavy (non-hydrogen) atoms. The molecule has 152 valence electrons. The standard InChI is InChI=1S/C20H20N2O7/c1-3-28-19-11-14(10-17(20(24)25)21-13(2)23)7-8-18(19)29-12-15-5-4-6-16(9-15)22(26)27/h4-11H,3,12H2,1-2H3,(H,21,23)(H,24,25)/b17-10+. The molecule has 0 atom stereocenters. The second-order valence-corrected chi connectivity index (χ2v) is 5.90. The van der Waals surface area contributed by atoms with Crippen molar-refractivity contribution in [3.63, 3.8) is 0 Å². The van der Waals surface area contributed by atoms with Crippen LogP contribution in [-0.4, -0.2) is 28.5 Å². The summed E-state index contributed by atoms with van der Waals surface area (Å²) in [5.41, 5.74) is 0.799. The summed E-state index contributed by atoms with van der Waals surface area (Å²) in [6, 6.07) is 10.9. The Kier molecular flexibility index (Phi) is 7.30. The summed E-state index contributed by atoms with van der Waals surface area (Å²) in [4.78, 5) is 32.8. The van der Waals surface area contributed by atoms with Crippen molar-refractivity contribution in [2.45, 2.75) is 20.5 Å². The number of nitro benzene ring substituents is 1. The molecule has 1 amide bonds. The molecular formula is C20H20N2O7. The van der Waals surface area contributed by atoms with Gasteiger partial charge in [-0.05, 0) is 36.3 Å². The van der Waals surface area contributed by atoms with Crippen molar-refractivity contribution in [3.05, 3.63) is 69.4 Å². The third-order valence-electron chi connectivity index (χ3n) is 3.64. The highest BCUT2D eigenvalue weighted by atomic mass is 16.6. The van der Waals surface area contributed by atoms with Crippen LogP contribution >= 0.6 is 0 Å². The molecule has 2 aromatic rings. The van der Waals surface area contributed by atoms with Gasteiger partial charge in [0.2, 0.25) is 5.91 Å². The summed E-state index contributed by atoms with van der Waals surface area (Å²) < 4.78 is 11.3. The molecule has 0 unspecified atom stereocenters. The number of aliphatic carboxylic acids is 1. The zero-order chi connectivity index (χ0) is 21.4. The lowest BCUT2D eigenvalue weighted by Crippen LogP contribution is -2.24. The average molecular weight is 400 g/mol. The molecule has 0 saturated carbocycles. The molecule has 0 bridgehead atoms. The molecule has 2 aromatic carbocycles. The van der Waals surface area contributed by atoms with E-state index in [1.165, 1.54) is 25.1 Å². The lowest BCUT2D eigenvalue weighted by molar-refractivity contribution is -0.384. The van der Waals surface area contributed by atoms with Crippen molar-refractivity contribution < 1.29 is 29.1 Å². The van der Waals surface area contributed by atoms with Gasteiger partial charge in [0.15, 0.2) is 11.5 Å². The number of rotatable bonds is 9. The molecule has 0 radical (unpaired) electrons. The molecular weight excluding hydrogens is 380 g/mol. The van der Waals surface area contributed by atoms with Gasteiger partial charge >= 0.3 is 5.97 Å². The van der Waals surface area contributed by atoms with Gasteiger partial charge in [-0.1, -0.05) is 18.2 Å². The second-order valence-electron chi connectivity index (χ2n) is 5.90. The Morgan fingerprint density at radius 1 is 1.17 bits per heavy atom.